The molecule has 0 aliphatic heterocycles. The summed E-state index contributed by atoms with van der Waals surface area (Å²) >= 11 is 0. The largest absolute Gasteiger partial charge is 0.387 e. The molecule has 0 radical (unpaired) electrons. The molecule has 2 heterocycles. The van der Waals surface area contributed by atoms with Gasteiger partial charge in [-0.3, -0.25) is 9.78 Å². The fourth-order valence-corrected chi connectivity index (χ4v) is 1.39. The van der Waals surface area contributed by atoms with Gasteiger partial charge in [-0.15, -0.1) is 0 Å². The summed E-state index contributed by atoms with van der Waals surface area (Å²) in [4.78, 5) is 17.8. The second-order valence-corrected chi connectivity index (χ2v) is 3.18. The van der Waals surface area contributed by atoms with E-state index in [9.17, 15) is 9.90 Å². The lowest BCUT2D eigenvalue weighted by molar-refractivity contribution is 0.112. The number of aromatic nitrogens is 2. The van der Waals surface area contributed by atoms with Crippen LogP contribution in [0.4, 0.5) is 0 Å². The predicted octanol–water partition coefficient (Wildman–Crippen LogP) is 1.43. The van der Waals surface area contributed by atoms with E-state index < -0.39 is 6.10 Å². The zero-order chi connectivity index (χ0) is 10.1. The van der Waals surface area contributed by atoms with E-state index in [4.69, 9.17) is 0 Å². The molecule has 4 heteroatoms. The van der Waals surface area contributed by atoms with Crippen molar-refractivity contribution in [2.24, 2.45) is 0 Å². The Morgan fingerprint density at radius 3 is 3.07 bits per heavy atom. The quantitative estimate of drug-likeness (QED) is 0.704. The highest BCUT2D eigenvalue weighted by Gasteiger charge is 2.08. The summed E-state index contributed by atoms with van der Waals surface area (Å²) in [6, 6.07) is 3.38. The van der Waals surface area contributed by atoms with Crippen molar-refractivity contribution in [3.8, 4) is 0 Å². The lowest BCUT2D eigenvalue weighted by Crippen LogP contribution is -1.90. The first-order chi connectivity index (χ1) is 6.72. The van der Waals surface area contributed by atoms with Crippen molar-refractivity contribution in [1.29, 1.82) is 0 Å². The number of H-pyrrole nitrogens is 1. The maximum Gasteiger partial charge on any atom is 0.152 e. The lowest BCUT2D eigenvalue weighted by Gasteiger charge is -1.97. The minimum atomic E-state index is -0.580. The molecule has 72 valence electrons. The third-order valence-electron chi connectivity index (χ3n) is 2.15. The van der Waals surface area contributed by atoms with E-state index in [1.54, 1.807) is 25.3 Å². The second-order valence-electron chi connectivity index (χ2n) is 3.18. The van der Waals surface area contributed by atoms with Crippen LogP contribution in [0.1, 0.15) is 29.1 Å². The van der Waals surface area contributed by atoms with Gasteiger partial charge in [0.05, 0.1) is 17.1 Å². The summed E-state index contributed by atoms with van der Waals surface area (Å²) < 4.78 is 0. The average molecular weight is 190 g/mol. The van der Waals surface area contributed by atoms with Gasteiger partial charge in [0.2, 0.25) is 0 Å². The zero-order valence-electron chi connectivity index (χ0n) is 7.69. The van der Waals surface area contributed by atoms with Gasteiger partial charge >= 0.3 is 0 Å². The van der Waals surface area contributed by atoms with E-state index in [0.29, 0.717) is 22.3 Å². The molecule has 0 saturated heterocycles. The van der Waals surface area contributed by atoms with Crippen molar-refractivity contribution in [3.63, 3.8) is 0 Å². The Morgan fingerprint density at radius 1 is 1.64 bits per heavy atom. The Morgan fingerprint density at radius 2 is 2.43 bits per heavy atom. The Hall–Kier alpha value is -1.68. The molecule has 14 heavy (non-hydrogen) atoms. The van der Waals surface area contributed by atoms with Gasteiger partial charge in [0.15, 0.2) is 6.29 Å². The van der Waals surface area contributed by atoms with Gasteiger partial charge in [0.25, 0.3) is 0 Å². The Balaban J connectivity index is 2.70. The highest BCUT2D eigenvalue weighted by molar-refractivity contribution is 5.94. The maximum absolute atomic E-state index is 10.7. The Bertz CT molecular complexity index is 474. The Kier molecular flexibility index (Phi) is 2.05. The van der Waals surface area contributed by atoms with Crippen LogP contribution in [0, 0.1) is 0 Å². The van der Waals surface area contributed by atoms with Crippen LogP contribution >= 0.6 is 0 Å². The first-order valence-corrected chi connectivity index (χ1v) is 4.33. The molecular weight excluding hydrogens is 180 g/mol. The highest BCUT2D eigenvalue weighted by atomic mass is 16.3. The number of rotatable bonds is 2. The van der Waals surface area contributed by atoms with Crippen LogP contribution in [-0.4, -0.2) is 21.4 Å². The minimum absolute atomic E-state index is 0.557. The minimum Gasteiger partial charge on any atom is -0.387 e. The molecule has 2 aromatic heterocycles. The van der Waals surface area contributed by atoms with Crippen LogP contribution in [0.3, 0.4) is 0 Å². The number of pyridine rings is 1. The van der Waals surface area contributed by atoms with Gasteiger partial charge in [-0.05, 0) is 19.1 Å². The van der Waals surface area contributed by atoms with Crippen molar-refractivity contribution >= 4 is 17.3 Å². The fraction of sp³-hybridized carbons (Fsp3) is 0.200. The second kappa shape index (κ2) is 3.23. The van der Waals surface area contributed by atoms with E-state index in [0.717, 1.165) is 6.29 Å². The maximum atomic E-state index is 10.7. The van der Waals surface area contributed by atoms with Crippen LogP contribution in [-0.2, 0) is 0 Å². The molecule has 2 rings (SSSR count). The molecule has 4 nitrogen and oxygen atoms in total. The Labute approximate surface area is 80.6 Å². The normalized spacial score (nSPS) is 13.0. The molecule has 0 aromatic carbocycles. The van der Waals surface area contributed by atoms with E-state index in [-0.39, 0.29) is 0 Å². The number of aldehydes is 1. The molecule has 2 aromatic rings. The van der Waals surface area contributed by atoms with Gasteiger partial charge in [0.1, 0.15) is 0 Å². The molecule has 0 aliphatic carbocycles. The predicted molar refractivity (Wildman–Crippen MR) is 52.1 cm³/mol. The van der Waals surface area contributed by atoms with Crippen molar-refractivity contribution < 1.29 is 9.90 Å². The van der Waals surface area contributed by atoms with E-state index in [1.165, 1.54) is 0 Å². The number of nitrogens with one attached hydrogen (secondary N) is 1. The molecule has 0 aliphatic rings. The van der Waals surface area contributed by atoms with E-state index in [2.05, 4.69) is 9.97 Å². The summed E-state index contributed by atoms with van der Waals surface area (Å²) in [5.41, 5.74) is 2.60. The van der Waals surface area contributed by atoms with Crippen molar-refractivity contribution in [2.75, 3.05) is 0 Å². The third-order valence-corrected chi connectivity index (χ3v) is 2.15. The topological polar surface area (TPSA) is 66.0 Å². The van der Waals surface area contributed by atoms with Gasteiger partial charge < -0.3 is 10.1 Å². The monoisotopic (exact) mass is 190 g/mol. The van der Waals surface area contributed by atoms with Crippen molar-refractivity contribution in [3.05, 3.63) is 29.6 Å². The SMILES string of the molecule is CC(O)c1cc2nccc(C=O)c2[nH]1. The number of hydrogen-bond acceptors (Lipinski definition) is 3. The molecule has 0 amide bonds. The van der Waals surface area contributed by atoms with Crippen molar-refractivity contribution in [2.45, 2.75) is 13.0 Å². The molecule has 1 unspecified atom stereocenters. The molecule has 0 spiro atoms. The number of carbonyl (C=O) groups is 1. The van der Waals surface area contributed by atoms with Crippen LogP contribution in [0.15, 0.2) is 18.3 Å². The molecule has 2 N–H and O–H groups in total. The van der Waals surface area contributed by atoms with E-state index >= 15 is 0 Å². The molecular formula is C10H10N2O2. The first-order valence-electron chi connectivity index (χ1n) is 4.33. The van der Waals surface area contributed by atoms with Crippen LogP contribution in [0.2, 0.25) is 0 Å². The smallest absolute Gasteiger partial charge is 0.152 e. The number of carbonyl (C=O) groups excluding carboxylic acids is 1. The fourth-order valence-electron chi connectivity index (χ4n) is 1.39. The molecule has 0 bridgehead atoms. The molecule has 0 saturated carbocycles. The van der Waals surface area contributed by atoms with Crippen LogP contribution in [0.5, 0.6) is 0 Å². The standard InChI is InChI=1S/C10H10N2O2/c1-6(14)8-4-9-10(12-8)7(5-13)2-3-11-9/h2-6,12,14H,1H3. The first kappa shape index (κ1) is 8.90. The third kappa shape index (κ3) is 1.29. The molecule has 0 fully saturated rings. The summed E-state index contributed by atoms with van der Waals surface area (Å²) in [6.07, 6.45) is 1.77. The van der Waals surface area contributed by atoms with Gasteiger partial charge in [0, 0.05) is 17.5 Å². The van der Waals surface area contributed by atoms with Gasteiger partial charge in [-0.2, -0.15) is 0 Å². The summed E-state index contributed by atoms with van der Waals surface area (Å²) in [5.74, 6) is 0. The lowest BCUT2D eigenvalue weighted by atomic mass is 10.2. The molecule has 1 atom stereocenters. The average Bonchev–Trinajstić information content (AvgIpc) is 2.60. The number of fused-ring (bicyclic) bond motifs is 1. The van der Waals surface area contributed by atoms with Crippen molar-refractivity contribution in [1.82, 2.24) is 9.97 Å². The number of nitrogens with zero attached hydrogens (tertiary/aromatic N) is 1. The van der Waals surface area contributed by atoms with Crippen LogP contribution < -0.4 is 0 Å². The number of aromatic amines is 1. The summed E-state index contributed by atoms with van der Waals surface area (Å²) in [6.45, 7) is 1.66. The number of aliphatic hydroxyl groups is 1. The summed E-state index contributed by atoms with van der Waals surface area (Å²) in [7, 11) is 0. The number of hydrogen-bond donors (Lipinski definition) is 2. The number of aliphatic hydroxyl groups excluding tert-OH is 1. The highest BCUT2D eigenvalue weighted by Crippen LogP contribution is 2.19. The zero-order valence-corrected chi connectivity index (χ0v) is 7.69. The van der Waals surface area contributed by atoms with Gasteiger partial charge in [-0.1, -0.05) is 0 Å². The van der Waals surface area contributed by atoms with E-state index in [1.807, 2.05) is 0 Å². The van der Waals surface area contributed by atoms with Crippen LogP contribution in [0.25, 0.3) is 11.0 Å². The van der Waals surface area contributed by atoms with Gasteiger partial charge in [-0.25, -0.2) is 0 Å². The summed E-state index contributed by atoms with van der Waals surface area (Å²) in [5, 5.41) is 9.34.